The third-order valence-corrected chi connectivity index (χ3v) is 1.55. The standard InChI is InChI=1S/C9H15N3O/c1-6(2)5-10-9-11-7(3)4-8(13)12-9/h4,6H,5H2,1-3H3,(H2,10,11,12,13). The molecule has 0 unspecified atom stereocenters. The number of aryl methyl sites for hydroxylation is 1. The molecular formula is C9H15N3O. The van der Waals surface area contributed by atoms with Crippen LogP contribution in [0.2, 0.25) is 0 Å². The first-order valence-electron chi connectivity index (χ1n) is 4.40. The van der Waals surface area contributed by atoms with Crippen molar-refractivity contribution in [3.63, 3.8) is 0 Å². The molecular weight excluding hydrogens is 166 g/mol. The van der Waals surface area contributed by atoms with Crippen LogP contribution in [0.3, 0.4) is 0 Å². The van der Waals surface area contributed by atoms with Gasteiger partial charge in [0.1, 0.15) is 0 Å². The summed E-state index contributed by atoms with van der Waals surface area (Å²) in [6.45, 7) is 6.81. The van der Waals surface area contributed by atoms with E-state index < -0.39 is 0 Å². The van der Waals surface area contributed by atoms with E-state index in [1.807, 2.05) is 0 Å². The summed E-state index contributed by atoms with van der Waals surface area (Å²) in [4.78, 5) is 17.8. The summed E-state index contributed by atoms with van der Waals surface area (Å²) < 4.78 is 0. The summed E-state index contributed by atoms with van der Waals surface area (Å²) in [5.41, 5.74) is 0.619. The second-order valence-electron chi connectivity index (χ2n) is 3.51. The monoisotopic (exact) mass is 181 g/mol. The van der Waals surface area contributed by atoms with E-state index in [1.165, 1.54) is 6.07 Å². The Balaban J connectivity index is 2.72. The maximum Gasteiger partial charge on any atom is 0.252 e. The third kappa shape index (κ3) is 3.27. The fourth-order valence-corrected chi connectivity index (χ4v) is 0.964. The van der Waals surface area contributed by atoms with Gasteiger partial charge in [0.25, 0.3) is 5.56 Å². The van der Waals surface area contributed by atoms with Gasteiger partial charge in [-0.1, -0.05) is 13.8 Å². The molecule has 0 radical (unpaired) electrons. The summed E-state index contributed by atoms with van der Waals surface area (Å²) in [7, 11) is 0. The lowest BCUT2D eigenvalue weighted by molar-refractivity contribution is 0.684. The van der Waals surface area contributed by atoms with Crippen LogP contribution in [0.15, 0.2) is 10.9 Å². The molecule has 0 amide bonds. The molecule has 1 rings (SSSR count). The first kappa shape index (κ1) is 9.77. The fraction of sp³-hybridized carbons (Fsp3) is 0.556. The number of anilines is 1. The Morgan fingerprint density at radius 1 is 1.62 bits per heavy atom. The summed E-state index contributed by atoms with van der Waals surface area (Å²) >= 11 is 0. The van der Waals surface area contributed by atoms with E-state index in [4.69, 9.17) is 0 Å². The lowest BCUT2D eigenvalue weighted by atomic mass is 10.2. The zero-order chi connectivity index (χ0) is 9.84. The van der Waals surface area contributed by atoms with Gasteiger partial charge >= 0.3 is 0 Å². The van der Waals surface area contributed by atoms with Crippen molar-refractivity contribution in [2.75, 3.05) is 11.9 Å². The fourth-order valence-electron chi connectivity index (χ4n) is 0.964. The highest BCUT2D eigenvalue weighted by molar-refractivity contribution is 5.24. The van der Waals surface area contributed by atoms with Crippen molar-refractivity contribution >= 4 is 5.95 Å². The Morgan fingerprint density at radius 2 is 2.31 bits per heavy atom. The average molecular weight is 181 g/mol. The summed E-state index contributed by atoms with van der Waals surface area (Å²) in [5, 5.41) is 3.06. The SMILES string of the molecule is Cc1cc(=O)[nH]c(NCC(C)C)n1. The molecule has 0 bridgehead atoms. The zero-order valence-corrected chi connectivity index (χ0v) is 8.22. The van der Waals surface area contributed by atoms with Crippen LogP contribution in [-0.4, -0.2) is 16.5 Å². The molecule has 0 fully saturated rings. The molecule has 4 nitrogen and oxygen atoms in total. The molecule has 0 spiro atoms. The van der Waals surface area contributed by atoms with Gasteiger partial charge in [0, 0.05) is 18.3 Å². The maximum atomic E-state index is 11.0. The summed E-state index contributed by atoms with van der Waals surface area (Å²) in [6.07, 6.45) is 0. The van der Waals surface area contributed by atoms with Crippen molar-refractivity contribution in [2.45, 2.75) is 20.8 Å². The van der Waals surface area contributed by atoms with Crippen molar-refractivity contribution in [3.05, 3.63) is 22.1 Å². The molecule has 1 heterocycles. The molecule has 1 aromatic heterocycles. The van der Waals surface area contributed by atoms with Crippen LogP contribution in [-0.2, 0) is 0 Å². The molecule has 1 aromatic rings. The van der Waals surface area contributed by atoms with Gasteiger partial charge in [0.2, 0.25) is 5.95 Å². The molecule has 4 heteroatoms. The number of aromatic amines is 1. The summed E-state index contributed by atoms with van der Waals surface area (Å²) in [6, 6.07) is 1.47. The lowest BCUT2D eigenvalue weighted by Crippen LogP contribution is -2.15. The van der Waals surface area contributed by atoms with Gasteiger partial charge in [-0.05, 0) is 12.8 Å². The molecule has 0 aliphatic rings. The van der Waals surface area contributed by atoms with Gasteiger partial charge in [-0.15, -0.1) is 0 Å². The van der Waals surface area contributed by atoms with Gasteiger partial charge in [0.05, 0.1) is 0 Å². The van der Waals surface area contributed by atoms with Crippen molar-refractivity contribution in [3.8, 4) is 0 Å². The highest BCUT2D eigenvalue weighted by atomic mass is 16.1. The van der Waals surface area contributed by atoms with E-state index in [9.17, 15) is 4.79 Å². The van der Waals surface area contributed by atoms with Gasteiger partial charge in [0.15, 0.2) is 0 Å². The first-order chi connectivity index (χ1) is 6.08. The van der Waals surface area contributed by atoms with Crippen LogP contribution in [0.5, 0.6) is 0 Å². The molecule has 0 aromatic carbocycles. The topological polar surface area (TPSA) is 57.8 Å². The predicted molar refractivity (Wildman–Crippen MR) is 52.9 cm³/mol. The van der Waals surface area contributed by atoms with Crippen molar-refractivity contribution in [2.24, 2.45) is 5.92 Å². The van der Waals surface area contributed by atoms with Crippen LogP contribution in [0, 0.1) is 12.8 Å². The van der Waals surface area contributed by atoms with E-state index in [0.29, 0.717) is 11.9 Å². The number of rotatable bonds is 3. The highest BCUT2D eigenvalue weighted by Gasteiger charge is 1.98. The van der Waals surface area contributed by atoms with Crippen LogP contribution >= 0.6 is 0 Å². The maximum absolute atomic E-state index is 11.0. The number of hydrogen-bond donors (Lipinski definition) is 2. The van der Waals surface area contributed by atoms with Crippen molar-refractivity contribution in [1.82, 2.24) is 9.97 Å². The minimum atomic E-state index is -0.112. The molecule has 0 saturated carbocycles. The van der Waals surface area contributed by atoms with Gasteiger partial charge < -0.3 is 5.32 Å². The van der Waals surface area contributed by atoms with E-state index in [-0.39, 0.29) is 5.56 Å². The minimum Gasteiger partial charge on any atom is -0.355 e. The number of aromatic nitrogens is 2. The Kier molecular flexibility index (Phi) is 3.06. The Hall–Kier alpha value is -1.32. The quantitative estimate of drug-likeness (QED) is 0.735. The van der Waals surface area contributed by atoms with Crippen molar-refractivity contribution in [1.29, 1.82) is 0 Å². The smallest absolute Gasteiger partial charge is 0.252 e. The number of nitrogens with zero attached hydrogens (tertiary/aromatic N) is 1. The number of hydrogen-bond acceptors (Lipinski definition) is 3. The van der Waals surface area contributed by atoms with Gasteiger partial charge in [-0.25, -0.2) is 4.98 Å². The molecule has 0 atom stereocenters. The second kappa shape index (κ2) is 4.07. The van der Waals surface area contributed by atoms with E-state index >= 15 is 0 Å². The Morgan fingerprint density at radius 3 is 2.85 bits per heavy atom. The van der Waals surface area contributed by atoms with Crippen LogP contribution in [0.4, 0.5) is 5.95 Å². The minimum absolute atomic E-state index is 0.112. The number of nitrogens with one attached hydrogen (secondary N) is 2. The van der Waals surface area contributed by atoms with Crippen molar-refractivity contribution < 1.29 is 0 Å². The lowest BCUT2D eigenvalue weighted by Gasteiger charge is -2.07. The molecule has 0 saturated heterocycles. The molecule has 72 valence electrons. The molecule has 0 aliphatic carbocycles. The largest absolute Gasteiger partial charge is 0.355 e. The Labute approximate surface area is 77.4 Å². The Bertz CT molecular complexity index is 330. The molecule has 13 heavy (non-hydrogen) atoms. The van der Waals surface area contributed by atoms with Crippen LogP contribution in [0.25, 0.3) is 0 Å². The summed E-state index contributed by atoms with van der Waals surface area (Å²) in [5.74, 6) is 1.09. The van der Waals surface area contributed by atoms with E-state index in [0.717, 1.165) is 12.2 Å². The van der Waals surface area contributed by atoms with Crippen LogP contribution < -0.4 is 10.9 Å². The second-order valence-corrected chi connectivity index (χ2v) is 3.51. The van der Waals surface area contributed by atoms with E-state index in [1.54, 1.807) is 6.92 Å². The van der Waals surface area contributed by atoms with Gasteiger partial charge in [-0.2, -0.15) is 0 Å². The van der Waals surface area contributed by atoms with Gasteiger partial charge in [-0.3, -0.25) is 9.78 Å². The highest BCUT2D eigenvalue weighted by Crippen LogP contribution is 1.98. The van der Waals surface area contributed by atoms with E-state index in [2.05, 4.69) is 29.1 Å². The first-order valence-corrected chi connectivity index (χ1v) is 4.40. The number of H-pyrrole nitrogens is 1. The third-order valence-electron chi connectivity index (χ3n) is 1.55. The molecule has 0 aliphatic heterocycles. The normalized spacial score (nSPS) is 10.5. The zero-order valence-electron chi connectivity index (χ0n) is 8.22. The molecule has 2 N–H and O–H groups in total. The average Bonchev–Trinajstić information content (AvgIpc) is 1.99. The van der Waals surface area contributed by atoms with Crippen LogP contribution in [0.1, 0.15) is 19.5 Å². The predicted octanol–water partition coefficient (Wildman–Crippen LogP) is 1.15.